The maximum absolute atomic E-state index is 12.1. The van der Waals surface area contributed by atoms with Crippen molar-refractivity contribution in [2.75, 3.05) is 7.11 Å². The predicted octanol–water partition coefficient (Wildman–Crippen LogP) is 4.47. The Kier molecular flexibility index (Phi) is 7.66. The number of imidazole rings is 1. The number of carbonyl (C=O) groups excluding carboxylic acids is 1. The van der Waals surface area contributed by atoms with E-state index in [9.17, 15) is 14.7 Å². The summed E-state index contributed by atoms with van der Waals surface area (Å²) in [4.78, 5) is 28.1. The second-order valence-electron chi connectivity index (χ2n) is 7.44. The van der Waals surface area contributed by atoms with Gasteiger partial charge in [0.2, 0.25) is 0 Å². The molecule has 0 aliphatic rings. The van der Waals surface area contributed by atoms with Crippen molar-refractivity contribution in [2.45, 2.75) is 38.8 Å². The first-order valence-corrected chi connectivity index (χ1v) is 10.7. The Balaban J connectivity index is 1.96. The molecule has 0 saturated carbocycles. The fraction of sp³-hybridized carbons (Fsp3) is 0.292. The molecule has 3 rings (SSSR count). The van der Waals surface area contributed by atoms with Gasteiger partial charge in [0, 0.05) is 13.0 Å². The summed E-state index contributed by atoms with van der Waals surface area (Å²) in [6.45, 7) is 2.50. The van der Waals surface area contributed by atoms with E-state index in [0.29, 0.717) is 24.2 Å². The Labute approximate surface area is 191 Å². The molecule has 8 heteroatoms. The Morgan fingerprint density at radius 1 is 1.19 bits per heavy atom. The van der Waals surface area contributed by atoms with Crippen LogP contribution >= 0.6 is 11.6 Å². The number of unbranched alkanes of at least 4 members (excludes halogenated alkanes) is 1. The van der Waals surface area contributed by atoms with E-state index in [-0.39, 0.29) is 10.7 Å². The number of rotatable bonds is 9. The molecule has 32 heavy (non-hydrogen) atoms. The van der Waals surface area contributed by atoms with Crippen LogP contribution in [0.25, 0.3) is 11.1 Å². The molecule has 0 amide bonds. The zero-order valence-corrected chi connectivity index (χ0v) is 18.8. The highest BCUT2D eigenvalue weighted by Crippen LogP contribution is 2.28. The Hall–Kier alpha value is -3.16. The van der Waals surface area contributed by atoms with Crippen molar-refractivity contribution >= 4 is 23.5 Å². The molecule has 0 aliphatic carbocycles. The van der Waals surface area contributed by atoms with Crippen LogP contribution in [-0.4, -0.2) is 33.7 Å². The molecular formula is C24H26ClN3O4. The van der Waals surface area contributed by atoms with Crippen LogP contribution < -0.4 is 5.73 Å². The minimum atomic E-state index is -1.04. The van der Waals surface area contributed by atoms with E-state index in [2.05, 4.69) is 11.9 Å². The van der Waals surface area contributed by atoms with Crippen molar-refractivity contribution in [1.82, 2.24) is 9.55 Å². The fourth-order valence-corrected chi connectivity index (χ4v) is 3.93. The molecule has 1 heterocycles. The Morgan fingerprint density at radius 2 is 1.88 bits per heavy atom. The average molecular weight is 456 g/mol. The van der Waals surface area contributed by atoms with Gasteiger partial charge in [0.25, 0.3) is 0 Å². The fourth-order valence-electron chi connectivity index (χ4n) is 3.61. The SMILES string of the molecule is CCCCc1nc(Cl)c(C(N)C(=O)OC)n1Cc1ccc(-c2ccccc2C(=O)O)cc1. The smallest absolute Gasteiger partial charge is 0.336 e. The predicted molar refractivity (Wildman–Crippen MR) is 123 cm³/mol. The second kappa shape index (κ2) is 10.4. The van der Waals surface area contributed by atoms with E-state index in [1.165, 1.54) is 7.11 Å². The van der Waals surface area contributed by atoms with Crippen LogP contribution in [0.5, 0.6) is 0 Å². The zero-order chi connectivity index (χ0) is 23.3. The molecule has 1 aromatic heterocycles. The van der Waals surface area contributed by atoms with Crippen LogP contribution in [-0.2, 0) is 22.5 Å². The van der Waals surface area contributed by atoms with Crippen molar-refractivity contribution in [1.29, 1.82) is 0 Å². The van der Waals surface area contributed by atoms with Crippen molar-refractivity contribution < 1.29 is 19.4 Å². The third-order valence-corrected chi connectivity index (χ3v) is 5.59. The van der Waals surface area contributed by atoms with E-state index in [4.69, 9.17) is 22.1 Å². The second-order valence-corrected chi connectivity index (χ2v) is 7.80. The van der Waals surface area contributed by atoms with Gasteiger partial charge in [0.05, 0.1) is 18.4 Å². The number of hydrogen-bond acceptors (Lipinski definition) is 5. The molecule has 0 saturated heterocycles. The summed E-state index contributed by atoms with van der Waals surface area (Å²) >= 11 is 6.37. The number of aryl methyl sites for hydroxylation is 1. The van der Waals surface area contributed by atoms with Gasteiger partial charge in [-0.15, -0.1) is 0 Å². The molecule has 168 valence electrons. The maximum atomic E-state index is 12.1. The molecule has 0 radical (unpaired) electrons. The highest BCUT2D eigenvalue weighted by Gasteiger charge is 2.27. The molecule has 1 unspecified atom stereocenters. The molecule has 1 atom stereocenters. The summed E-state index contributed by atoms with van der Waals surface area (Å²) in [5.41, 5.74) is 9.17. The molecule has 7 nitrogen and oxygen atoms in total. The lowest BCUT2D eigenvalue weighted by Crippen LogP contribution is -2.26. The number of carboxylic acid groups (broad SMARTS) is 1. The Bertz CT molecular complexity index is 1110. The highest BCUT2D eigenvalue weighted by molar-refractivity contribution is 6.30. The minimum absolute atomic E-state index is 0.195. The lowest BCUT2D eigenvalue weighted by molar-refractivity contribution is -0.142. The minimum Gasteiger partial charge on any atom is -0.478 e. The van der Waals surface area contributed by atoms with Gasteiger partial charge in [-0.2, -0.15) is 0 Å². The van der Waals surface area contributed by atoms with Gasteiger partial charge < -0.3 is 20.1 Å². The third kappa shape index (κ3) is 5.00. The van der Waals surface area contributed by atoms with Crippen molar-refractivity contribution in [3.8, 4) is 11.1 Å². The van der Waals surface area contributed by atoms with Crippen molar-refractivity contribution in [3.05, 3.63) is 76.3 Å². The first-order valence-electron chi connectivity index (χ1n) is 10.4. The molecule has 0 aliphatic heterocycles. The Morgan fingerprint density at radius 3 is 2.50 bits per heavy atom. The molecule has 3 aromatic rings. The number of hydrogen-bond donors (Lipinski definition) is 2. The lowest BCUT2D eigenvalue weighted by Gasteiger charge is -2.16. The van der Waals surface area contributed by atoms with Gasteiger partial charge >= 0.3 is 11.9 Å². The number of ether oxygens (including phenoxy) is 1. The summed E-state index contributed by atoms with van der Waals surface area (Å²) in [7, 11) is 1.28. The number of carboxylic acids is 1. The van der Waals surface area contributed by atoms with Gasteiger partial charge in [-0.25, -0.2) is 14.6 Å². The molecule has 3 N–H and O–H groups in total. The van der Waals surface area contributed by atoms with Crippen molar-refractivity contribution in [3.63, 3.8) is 0 Å². The summed E-state index contributed by atoms with van der Waals surface area (Å²) in [5, 5.41) is 9.65. The van der Waals surface area contributed by atoms with Gasteiger partial charge in [-0.1, -0.05) is 67.4 Å². The first-order chi connectivity index (χ1) is 15.4. The number of methoxy groups -OCH3 is 1. The summed E-state index contributed by atoms with van der Waals surface area (Å²) in [6.07, 6.45) is 2.61. The van der Waals surface area contributed by atoms with Gasteiger partial charge in [-0.05, 0) is 29.2 Å². The van der Waals surface area contributed by atoms with Gasteiger partial charge in [-0.3, -0.25) is 0 Å². The van der Waals surface area contributed by atoms with Gasteiger partial charge in [0.1, 0.15) is 11.9 Å². The molecule has 0 bridgehead atoms. The molecular weight excluding hydrogens is 430 g/mol. The summed E-state index contributed by atoms with van der Waals surface area (Å²) < 4.78 is 6.68. The normalized spacial score (nSPS) is 11.9. The van der Waals surface area contributed by atoms with Crippen LogP contribution in [0.1, 0.15) is 53.2 Å². The van der Waals surface area contributed by atoms with Crippen LogP contribution in [0.4, 0.5) is 0 Å². The third-order valence-electron chi connectivity index (χ3n) is 5.31. The monoisotopic (exact) mass is 455 g/mol. The number of nitrogens with zero attached hydrogens (tertiary/aromatic N) is 2. The number of esters is 1. The lowest BCUT2D eigenvalue weighted by atomic mass is 9.98. The summed E-state index contributed by atoms with van der Waals surface area (Å²) in [6, 6.07) is 13.4. The zero-order valence-electron chi connectivity index (χ0n) is 18.0. The van der Waals surface area contributed by atoms with E-state index < -0.39 is 18.0 Å². The molecule has 2 aromatic carbocycles. The number of carbonyl (C=O) groups is 2. The van der Waals surface area contributed by atoms with Crippen LogP contribution in [0.15, 0.2) is 48.5 Å². The first kappa shape index (κ1) is 23.5. The quantitative estimate of drug-likeness (QED) is 0.461. The van der Waals surface area contributed by atoms with Crippen LogP contribution in [0.2, 0.25) is 5.15 Å². The van der Waals surface area contributed by atoms with E-state index in [1.54, 1.807) is 18.2 Å². The van der Waals surface area contributed by atoms with E-state index in [0.717, 1.165) is 29.8 Å². The topological polar surface area (TPSA) is 107 Å². The van der Waals surface area contributed by atoms with Gasteiger partial charge in [0.15, 0.2) is 5.15 Å². The average Bonchev–Trinajstić information content (AvgIpc) is 3.11. The van der Waals surface area contributed by atoms with Crippen LogP contribution in [0.3, 0.4) is 0 Å². The highest BCUT2D eigenvalue weighted by atomic mass is 35.5. The largest absolute Gasteiger partial charge is 0.478 e. The number of nitrogens with two attached hydrogens (primary N) is 1. The van der Waals surface area contributed by atoms with Crippen molar-refractivity contribution in [2.24, 2.45) is 5.73 Å². The number of halogens is 1. The van der Waals surface area contributed by atoms with E-state index >= 15 is 0 Å². The number of benzene rings is 2. The number of aromatic nitrogens is 2. The van der Waals surface area contributed by atoms with E-state index in [1.807, 2.05) is 34.9 Å². The summed E-state index contributed by atoms with van der Waals surface area (Å²) in [5.74, 6) is -0.804. The molecule has 0 spiro atoms. The molecule has 0 fully saturated rings. The number of aromatic carboxylic acids is 1. The standard InChI is InChI=1S/C24H26ClN3O4/c1-3-4-9-19-27-22(25)21(20(26)24(31)32-2)28(19)14-15-10-12-16(13-11-15)17-7-5-6-8-18(17)23(29)30/h5-8,10-13,20H,3-4,9,14,26H2,1-2H3,(H,29,30). The maximum Gasteiger partial charge on any atom is 0.336 e. The van der Waals surface area contributed by atoms with Crippen LogP contribution in [0, 0.1) is 0 Å².